The van der Waals surface area contributed by atoms with Gasteiger partial charge in [0, 0.05) is 15.7 Å². The van der Waals surface area contributed by atoms with E-state index in [0.717, 1.165) is 0 Å². The summed E-state index contributed by atoms with van der Waals surface area (Å²) in [6.45, 7) is -0.0242. The number of carbonyl (C=O) groups is 1. The fourth-order valence-electron chi connectivity index (χ4n) is 1.62. The van der Waals surface area contributed by atoms with Gasteiger partial charge in [-0.05, 0) is 40.2 Å². The maximum Gasteiger partial charge on any atom is 0.338 e. The van der Waals surface area contributed by atoms with Gasteiger partial charge in [0.15, 0.2) is 0 Å². The van der Waals surface area contributed by atoms with Gasteiger partial charge in [-0.2, -0.15) is 0 Å². The molecular formula is C14H10Br2FNO2. The molecule has 2 aromatic rings. The molecule has 2 aromatic carbocycles. The van der Waals surface area contributed by atoms with Crippen molar-refractivity contribution in [3.05, 3.63) is 62.3 Å². The number of carbonyl (C=O) groups excluding carboxylic acids is 1. The maximum absolute atomic E-state index is 13.3. The van der Waals surface area contributed by atoms with Crippen molar-refractivity contribution in [2.75, 3.05) is 5.73 Å². The second-order valence-electron chi connectivity index (χ2n) is 4.06. The second-order valence-corrected chi connectivity index (χ2v) is 5.77. The Morgan fingerprint density at radius 1 is 1.25 bits per heavy atom. The van der Waals surface area contributed by atoms with Crippen LogP contribution in [0.1, 0.15) is 15.9 Å². The average Bonchev–Trinajstić information content (AvgIpc) is 2.39. The van der Waals surface area contributed by atoms with Crippen LogP contribution in [0.5, 0.6) is 0 Å². The number of hydrogen-bond acceptors (Lipinski definition) is 3. The SMILES string of the molecule is Nc1cc(Br)cc(C(=O)OCc2cccc(F)c2Br)c1. The zero-order valence-electron chi connectivity index (χ0n) is 10.2. The van der Waals surface area contributed by atoms with Crippen molar-refractivity contribution < 1.29 is 13.9 Å². The van der Waals surface area contributed by atoms with Crippen LogP contribution in [0.25, 0.3) is 0 Å². The lowest BCUT2D eigenvalue weighted by Gasteiger charge is -2.08. The van der Waals surface area contributed by atoms with E-state index in [1.165, 1.54) is 12.1 Å². The summed E-state index contributed by atoms with van der Waals surface area (Å²) in [5.74, 6) is -0.917. The molecule has 0 aliphatic rings. The third kappa shape index (κ3) is 3.58. The summed E-state index contributed by atoms with van der Waals surface area (Å²) in [7, 11) is 0. The maximum atomic E-state index is 13.3. The zero-order chi connectivity index (χ0) is 14.7. The molecule has 0 spiro atoms. The van der Waals surface area contributed by atoms with Gasteiger partial charge in [-0.15, -0.1) is 0 Å². The number of esters is 1. The molecule has 6 heteroatoms. The number of nitrogens with two attached hydrogens (primary N) is 1. The molecule has 0 saturated carbocycles. The van der Waals surface area contributed by atoms with Gasteiger partial charge in [0.05, 0.1) is 10.0 Å². The number of rotatable bonds is 3. The topological polar surface area (TPSA) is 52.3 Å². The molecule has 0 unspecified atom stereocenters. The smallest absolute Gasteiger partial charge is 0.338 e. The lowest BCUT2D eigenvalue weighted by Crippen LogP contribution is -2.06. The summed E-state index contributed by atoms with van der Waals surface area (Å²) in [6, 6.07) is 9.37. The second kappa shape index (κ2) is 6.37. The van der Waals surface area contributed by atoms with Crippen LogP contribution in [-0.4, -0.2) is 5.97 Å². The molecule has 2 rings (SSSR count). The highest BCUT2D eigenvalue weighted by atomic mass is 79.9. The Labute approximate surface area is 132 Å². The standard InChI is InChI=1S/C14H10Br2FNO2/c15-10-4-9(5-11(18)6-10)14(19)20-7-8-2-1-3-12(17)13(8)16/h1-6H,7,18H2. The summed E-state index contributed by atoms with van der Waals surface area (Å²) >= 11 is 6.37. The van der Waals surface area contributed by atoms with Crippen molar-refractivity contribution in [3.63, 3.8) is 0 Å². The highest BCUT2D eigenvalue weighted by Crippen LogP contribution is 2.22. The lowest BCUT2D eigenvalue weighted by molar-refractivity contribution is 0.0471. The van der Waals surface area contributed by atoms with Crippen LogP contribution in [0.3, 0.4) is 0 Å². The van der Waals surface area contributed by atoms with Crippen LogP contribution >= 0.6 is 31.9 Å². The Hall–Kier alpha value is -1.40. The summed E-state index contributed by atoms with van der Waals surface area (Å²) in [5, 5.41) is 0. The van der Waals surface area contributed by atoms with Crippen molar-refractivity contribution in [2.45, 2.75) is 6.61 Å². The molecule has 0 aliphatic heterocycles. The summed E-state index contributed by atoms with van der Waals surface area (Å²) in [4.78, 5) is 11.9. The minimum atomic E-state index is -0.519. The van der Waals surface area contributed by atoms with E-state index in [0.29, 0.717) is 25.8 Å². The van der Waals surface area contributed by atoms with E-state index in [2.05, 4.69) is 31.9 Å². The zero-order valence-corrected chi connectivity index (χ0v) is 13.4. The largest absolute Gasteiger partial charge is 0.457 e. The van der Waals surface area contributed by atoms with E-state index < -0.39 is 11.8 Å². The molecule has 104 valence electrons. The minimum Gasteiger partial charge on any atom is -0.457 e. The predicted octanol–water partition coefficient (Wildman–Crippen LogP) is 4.29. The molecule has 0 radical (unpaired) electrons. The fraction of sp³-hybridized carbons (Fsp3) is 0.0714. The monoisotopic (exact) mass is 401 g/mol. The number of halogens is 3. The highest BCUT2D eigenvalue weighted by Gasteiger charge is 2.11. The van der Waals surface area contributed by atoms with Crippen LogP contribution in [0.2, 0.25) is 0 Å². The first-order chi connectivity index (χ1) is 9.47. The van der Waals surface area contributed by atoms with E-state index in [9.17, 15) is 9.18 Å². The van der Waals surface area contributed by atoms with Gasteiger partial charge in [0.1, 0.15) is 12.4 Å². The lowest BCUT2D eigenvalue weighted by atomic mass is 10.2. The van der Waals surface area contributed by atoms with Crippen molar-refractivity contribution in [1.82, 2.24) is 0 Å². The summed E-state index contributed by atoms with van der Waals surface area (Å²) < 4.78 is 19.5. The van der Waals surface area contributed by atoms with E-state index in [-0.39, 0.29) is 6.61 Å². The van der Waals surface area contributed by atoms with Crippen molar-refractivity contribution in [1.29, 1.82) is 0 Å². The highest BCUT2D eigenvalue weighted by molar-refractivity contribution is 9.10. The Morgan fingerprint density at radius 3 is 2.70 bits per heavy atom. The van der Waals surface area contributed by atoms with Gasteiger partial charge in [0.2, 0.25) is 0 Å². The van der Waals surface area contributed by atoms with Crippen molar-refractivity contribution >= 4 is 43.5 Å². The molecule has 0 bridgehead atoms. The van der Waals surface area contributed by atoms with E-state index in [1.54, 1.807) is 24.3 Å². The van der Waals surface area contributed by atoms with Gasteiger partial charge in [0.25, 0.3) is 0 Å². The van der Waals surface area contributed by atoms with Crippen molar-refractivity contribution in [3.8, 4) is 0 Å². The number of hydrogen-bond donors (Lipinski definition) is 1. The van der Waals surface area contributed by atoms with Crippen LogP contribution in [0.15, 0.2) is 45.3 Å². The van der Waals surface area contributed by atoms with Crippen LogP contribution in [-0.2, 0) is 11.3 Å². The molecule has 0 saturated heterocycles. The first kappa shape index (κ1) is 15.0. The van der Waals surface area contributed by atoms with E-state index >= 15 is 0 Å². The van der Waals surface area contributed by atoms with Gasteiger partial charge >= 0.3 is 5.97 Å². The fourth-order valence-corrected chi connectivity index (χ4v) is 2.51. The Kier molecular flexibility index (Phi) is 4.77. The normalized spacial score (nSPS) is 10.3. The minimum absolute atomic E-state index is 0.0242. The Bertz CT molecular complexity index is 641. The quantitative estimate of drug-likeness (QED) is 0.615. The van der Waals surface area contributed by atoms with Gasteiger partial charge in [-0.25, -0.2) is 9.18 Å². The first-order valence-electron chi connectivity index (χ1n) is 5.63. The van der Waals surface area contributed by atoms with Crippen LogP contribution in [0, 0.1) is 5.82 Å². The van der Waals surface area contributed by atoms with E-state index in [1.807, 2.05) is 0 Å². The van der Waals surface area contributed by atoms with Crippen LogP contribution < -0.4 is 5.73 Å². The Morgan fingerprint density at radius 2 is 2.00 bits per heavy atom. The number of ether oxygens (including phenoxy) is 1. The average molecular weight is 403 g/mol. The molecule has 0 fully saturated rings. The molecule has 0 aliphatic carbocycles. The summed E-state index contributed by atoms with van der Waals surface area (Å²) in [5.41, 5.74) is 7.00. The first-order valence-corrected chi connectivity index (χ1v) is 7.22. The molecule has 0 heterocycles. The Balaban J connectivity index is 2.10. The van der Waals surface area contributed by atoms with E-state index in [4.69, 9.17) is 10.5 Å². The predicted molar refractivity (Wildman–Crippen MR) is 81.8 cm³/mol. The molecule has 0 atom stereocenters. The van der Waals surface area contributed by atoms with Gasteiger partial charge in [-0.3, -0.25) is 0 Å². The van der Waals surface area contributed by atoms with Gasteiger partial charge in [-0.1, -0.05) is 28.1 Å². The summed E-state index contributed by atoms with van der Waals surface area (Å²) in [6.07, 6.45) is 0. The molecular weight excluding hydrogens is 393 g/mol. The third-order valence-corrected chi connectivity index (χ3v) is 3.89. The number of anilines is 1. The van der Waals surface area contributed by atoms with Crippen LogP contribution in [0.4, 0.5) is 10.1 Å². The van der Waals surface area contributed by atoms with Crippen molar-refractivity contribution in [2.24, 2.45) is 0 Å². The third-order valence-electron chi connectivity index (χ3n) is 2.55. The molecule has 0 amide bonds. The molecule has 3 nitrogen and oxygen atoms in total. The molecule has 0 aromatic heterocycles. The van der Waals surface area contributed by atoms with Gasteiger partial charge < -0.3 is 10.5 Å². The molecule has 2 N–H and O–H groups in total. The number of benzene rings is 2. The molecule has 20 heavy (non-hydrogen) atoms. The number of nitrogen functional groups attached to an aromatic ring is 1.